The fourth-order valence-electron chi connectivity index (χ4n) is 1.32. The molecular weight excluding hydrogens is 225 g/mol. The van der Waals surface area contributed by atoms with Crippen LogP contribution in [-0.2, 0) is 0 Å². The van der Waals surface area contributed by atoms with E-state index in [2.05, 4.69) is 5.32 Å². The van der Waals surface area contributed by atoms with Gasteiger partial charge in [-0.1, -0.05) is 6.07 Å². The monoisotopic (exact) mass is 241 g/mol. The van der Waals surface area contributed by atoms with Crippen LogP contribution in [0, 0.1) is 5.82 Å². The Morgan fingerprint density at radius 3 is 2.76 bits per heavy atom. The fourth-order valence-corrected chi connectivity index (χ4v) is 1.32. The molecule has 17 heavy (non-hydrogen) atoms. The van der Waals surface area contributed by atoms with Crippen LogP contribution in [0.3, 0.4) is 0 Å². The van der Waals surface area contributed by atoms with Gasteiger partial charge in [-0.15, -0.1) is 0 Å². The third-order valence-corrected chi connectivity index (χ3v) is 2.41. The molecule has 1 aromatic rings. The van der Waals surface area contributed by atoms with Gasteiger partial charge >= 0.3 is 0 Å². The zero-order valence-electron chi connectivity index (χ0n) is 9.48. The summed E-state index contributed by atoms with van der Waals surface area (Å²) in [6.45, 7) is 1.76. The molecular formula is C11H16FN3O2. The largest absolute Gasteiger partial charge is 0.392 e. The summed E-state index contributed by atoms with van der Waals surface area (Å²) in [7, 11) is 0. The van der Waals surface area contributed by atoms with Crippen molar-refractivity contribution in [3.05, 3.63) is 29.6 Å². The van der Waals surface area contributed by atoms with Gasteiger partial charge in [0.05, 0.1) is 11.7 Å². The van der Waals surface area contributed by atoms with Gasteiger partial charge in [0, 0.05) is 18.3 Å². The Kier molecular flexibility index (Phi) is 4.42. The van der Waals surface area contributed by atoms with Crippen LogP contribution in [0.5, 0.6) is 0 Å². The summed E-state index contributed by atoms with van der Waals surface area (Å²) >= 11 is 0. The van der Waals surface area contributed by atoms with Crippen molar-refractivity contribution in [3.8, 4) is 0 Å². The minimum absolute atomic E-state index is 0.203. The molecule has 0 bridgehead atoms. The molecule has 0 aromatic heterocycles. The normalized spacial score (nSPS) is 14.1. The minimum Gasteiger partial charge on any atom is -0.392 e. The Balaban J connectivity index is 2.84. The molecule has 1 rings (SSSR count). The van der Waals surface area contributed by atoms with Crippen LogP contribution in [0.15, 0.2) is 18.2 Å². The summed E-state index contributed by atoms with van der Waals surface area (Å²) in [5.74, 6) is -1.54. The van der Waals surface area contributed by atoms with Crippen LogP contribution in [0.1, 0.15) is 17.3 Å². The highest BCUT2D eigenvalue weighted by Gasteiger charge is 2.15. The fraction of sp³-hybridized carbons (Fsp3) is 0.364. The van der Waals surface area contributed by atoms with Crippen molar-refractivity contribution in [3.63, 3.8) is 0 Å². The number of benzene rings is 1. The Morgan fingerprint density at radius 1 is 1.59 bits per heavy atom. The summed E-state index contributed by atoms with van der Waals surface area (Å²) in [5, 5.41) is 12.0. The van der Waals surface area contributed by atoms with Crippen LogP contribution in [-0.4, -0.2) is 29.7 Å². The maximum absolute atomic E-state index is 13.4. The van der Waals surface area contributed by atoms with Gasteiger partial charge in [-0.05, 0) is 19.1 Å². The van der Waals surface area contributed by atoms with E-state index < -0.39 is 23.9 Å². The van der Waals surface area contributed by atoms with Crippen molar-refractivity contribution in [2.24, 2.45) is 11.5 Å². The molecule has 0 aliphatic heterocycles. The summed E-state index contributed by atoms with van der Waals surface area (Å²) < 4.78 is 13.4. The highest BCUT2D eigenvalue weighted by Crippen LogP contribution is 2.18. The van der Waals surface area contributed by atoms with Gasteiger partial charge in [0.2, 0.25) is 0 Å². The summed E-state index contributed by atoms with van der Waals surface area (Å²) in [6, 6.07) is 3.62. The van der Waals surface area contributed by atoms with E-state index in [1.54, 1.807) is 6.92 Å². The number of carbonyl (C=O) groups is 1. The zero-order valence-corrected chi connectivity index (χ0v) is 9.48. The third kappa shape index (κ3) is 3.40. The first kappa shape index (κ1) is 13.4. The Labute approximate surface area is 98.6 Å². The average Bonchev–Trinajstić information content (AvgIpc) is 2.24. The van der Waals surface area contributed by atoms with Crippen molar-refractivity contribution in [2.75, 3.05) is 11.9 Å². The van der Waals surface area contributed by atoms with Crippen LogP contribution in [0.2, 0.25) is 0 Å². The van der Waals surface area contributed by atoms with E-state index in [-0.39, 0.29) is 17.8 Å². The smallest absolute Gasteiger partial charge is 0.253 e. The first-order valence-electron chi connectivity index (χ1n) is 5.19. The van der Waals surface area contributed by atoms with Crippen molar-refractivity contribution in [2.45, 2.75) is 19.1 Å². The van der Waals surface area contributed by atoms with Gasteiger partial charge in [0.25, 0.3) is 5.91 Å². The lowest BCUT2D eigenvalue weighted by atomic mass is 10.1. The molecule has 0 aliphatic carbocycles. The second-order valence-corrected chi connectivity index (χ2v) is 3.81. The molecule has 6 N–H and O–H groups in total. The number of nitrogens with two attached hydrogens (primary N) is 2. The molecule has 2 atom stereocenters. The van der Waals surface area contributed by atoms with Crippen LogP contribution in [0.4, 0.5) is 10.1 Å². The molecule has 94 valence electrons. The number of aliphatic hydroxyl groups excluding tert-OH is 1. The van der Waals surface area contributed by atoms with Gasteiger partial charge in [0.1, 0.15) is 5.82 Å². The first-order valence-corrected chi connectivity index (χ1v) is 5.19. The van der Waals surface area contributed by atoms with Crippen LogP contribution in [0.25, 0.3) is 0 Å². The number of primary amides is 1. The number of nitrogens with one attached hydrogen (secondary N) is 1. The average molecular weight is 241 g/mol. The Bertz CT molecular complexity index is 410. The van der Waals surface area contributed by atoms with E-state index in [4.69, 9.17) is 11.5 Å². The molecule has 5 nitrogen and oxygen atoms in total. The van der Waals surface area contributed by atoms with E-state index in [1.807, 2.05) is 0 Å². The maximum Gasteiger partial charge on any atom is 0.253 e. The van der Waals surface area contributed by atoms with Gasteiger partial charge in [-0.2, -0.15) is 0 Å². The molecule has 1 amide bonds. The highest BCUT2D eigenvalue weighted by molar-refractivity contribution is 5.98. The Morgan fingerprint density at radius 2 is 2.24 bits per heavy atom. The van der Waals surface area contributed by atoms with Crippen molar-refractivity contribution < 1.29 is 14.3 Å². The highest BCUT2D eigenvalue weighted by atomic mass is 19.1. The number of rotatable bonds is 5. The molecule has 0 heterocycles. The van der Waals surface area contributed by atoms with Gasteiger partial charge in [0.15, 0.2) is 0 Å². The Hall–Kier alpha value is -1.66. The number of hydrogen-bond acceptors (Lipinski definition) is 4. The first-order chi connectivity index (χ1) is 7.93. The van der Waals surface area contributed by atoms with Crippen LogP contribution >= 0.6 is 0 Å². The number of aliphatic hydroxyl groups is 1. The summed E-state index contributed by atoms with van der Waals surface area (Å²) in [6.07, 6.45) is -0.701. The lowest BCUT2D eigenvalue weighted by Crippen LogP contribution is -2.39. The SMILES string of the molecule is CC(O)C(N)CNc1cccc(F)c1C(N)=O. The summed E-state index contributed by atoms with van der Waals surface area (Å²) in [5.41, 5.74) is 10.8. The molecule has 0 radical (unpaired) electrons. The van der Waals surface area contributed by atoms with Gasteiger partial charge < -0.3 is 21.9 Å². The van der Waals surface area contributed by atoms with E-state index in [0.717, 1.165) is 6.07 Å². The quantitative estimate of drug-likeness (QED) is 0.584. The molecule has 0 spiro atoms. The van der Waals surface area contributed by atoms with E-state index >= 15 is 0 Å². The van der Waals surface area contributed by atoms with Gasteiger partial charge in [-0.3, -0.25) is 4.79 Å². The van der Waals surface area contributed by atoms with E-state index in [0.29, 0.717) is 0 Å². The minimum atomic E-state index is -0.851. The molecule has 6 heteroatoms. The molecule has 0 saturated carbocycles. The van der Waals surface area contributed by atoms with Crippen molar-refractivity contribution in [1.82, 2.24) is 0 Å². The van der Waals surface area contributed by atoms with Crippen molar-refractivity contribution >= 4 is 11.6 Å². The van der Waals surface area contributed by atoms with Crippen molar-refractivity contribution in [1.29, 1.82) is 0 Å². The number of hydrogen-bond donors (Lipinski definition) is 4. The predicted octanol–water partition coefficient (Wildman–Crippen LogP) is 0.0446. The number of anilines is 1. The molecule has 0 fully saturated rings. The second-order valence-electron chi connectivity index (χ2n) is 3.81. The third-order valence-electron chi connectivity index (χ3n) is 2.41. The molecule has 0 aliphatic rings. The molecule has 2 unspecified atom stereocenters. The number of amides is 1. The summed E-state index contributed by atoms with van der Waals surface area (Å²) in [4.78, 5) is 11.1. The second kappa shape index (κ2) is 5.60. The molecule has 1 aromatic carbocycles. The lowest BCUT2D eigenvalue weighted by molar-refractivity contribution is 0.0997. The van der Waals surface area contributed by atoms with E-state index in [9.17, 15) is 14.3 Å². The zero-order chi connectivity index (χ0) is 13.0. The topological polar surface area (TPSA) is 101 Å². The van der Waals surface area contributed by atoms with Crippen LogP contribution < -0.4 is 16.8 Å². The lowest BCUT2D eigenvalue weighted by Gasteiger charge is -2.17. The predicted molar refractivity (Wildman–Crippen MR) is 63.1 cm³/mol. The van der Waals surface area contributed by atoms with Gasteiger partial charge in [-0.25, -0.2) is 4.39 Å². The number of carbonyl (C=O) groups excluding carboxylic acids is 1. The molecule has 0 saturated heterocycles. The standard InChI is InChI=1S/C11H16FN3O2/c1-6(16)8(13)5-15-9-4-2-3-7(12)10(9)11(14)17/h2-4,6,8,15-16H,5,13H2,1H3,(H2,14,17). The van der Waals surface area contributed by atoms with E-state index in [1.165, 1.54) is 12.1 Å². The maximum atomic E-state index is 13.4. The number of halogens is 1.